The van der Waals surface area contributed by atoms with E-state index in [1.165, 1.54) is 24.8 Å². The fraction of sp³-hybridized carbons (Fsp3) is 0.294. The Morgan fingerprint density at radius 2 is 1.36 bits per heavy atom. The second kappa shape index (κ2) is 6.80. The molecule has 0 aromatic heterocycles. The molecule has 0 amide bonds. The van der Waals surface area contributed by atoms with Gasteiger partial charge in [0, 0.05) is 32.8 Å². The Morgan fingerprint density at radius 1 is 0.818 bits per heavy atom. The molecule has 2 aromatic carbocycles. The molecule has 0 saturated carbocycles. The molecular formula is C17H20O2S2Si. The molecule has 0 unspecified atom stereocenters. The summed E-state index contributed by atoms with van der Waals surface area (Å²) in [6.07, 6.45) is 0. The monoisotopic (exact) mass is 348 g/mol. The van der Waals surface area contributed by atoms with Gasteiger partial charge < -0.3 is 8.85 Å². The van der Waals surface area contributed by atoms with Crippen molar-refractivity contribution in [2.45, 2.75) is 40.0 Å². The third kappa shape index (κ3) is 3.14. The van der Waals surface area contributed by atoms with Gasteiger partial charge in [-0.1, -0.05) is 41.7 Å². The first kappa shape index (κ1) is 16.1. The Bertz CT molecular complexity index is 669. The third-order valence-electron chi connectivity index (χ3n) is 3.60. The number of hydrogen-bond acceptors (Lipinski definition) is 4. The molecule has 1 aliphatic rings. The molecule has 22 heavy (non-hydrogen) atoms. The van der Waals surface area contributed by atoms with Crippen molar-refractivity contribution in [2.75, 3.05) is 13.2 Å². The molecule has 0 N–H and O–H groups in total. The normalized spacial score (nSPS) is 13.6. The first-order valence-corrected chi connectivity index (χ1v) is 11.5. The van der Waals surface area contributed by atoms with E-state index in [0.29, 0.717) is 13.2 Å². The summed E-state index contributed by atoms with van der Waals surface area (Å²) >= 11 is 3.68. The highest BCUT2D eigenvalue weighted by Gasteiger charge is 2.34. The maximum absolute atomic E-state index is 6.02. The van der Waals surface area contributed by atoms with Crippen LogP contribution in [0.25, 0.3) is 0 Å². The van der Waals surface area contributed by atoms with Gasteiger partial charge in [-0.05, 0) is 49.8 Å². The fourth-order valence-corrected chi connectivity index (χ4v) is 7.24. The standard InChI is InChI=1S/C17H20O2S2Si/c1-4-18-22(3,19-5-2)13-10-11-16-17(12-13)21-15-9-7-6-8-14(15)20-16/h6-12H,4-5H2,1-3H3. The summed E-state index contributed by atoms with van der Waals surface area (Å²) in [6, 6.07) is 15.2. The van der Waals surface area contributed by atoms with E-state index in [2.05, 4.69) is 49.0 Å². The fourth-order valence-electron chi connectivity index (χ4n) is 2.57. The van der Waals surface area contributed by atoms with E-state index in [4.69, 9.17) is 8.85 Å². The molecule has 0 fully saturated rings. The number of benzene rings is 2. The summed E-state index contributed by atoms with van der Waals surface area (Å²) in [5.74, 6) is 0. The zero-order chi connectivity index (χ0) is 15.6. The van der Waals surface area contributed by atoms with Crippen molar-refractivity contribution in [1.82, 2.24) is 0 Å². The highest BCUT2D eigenvalue weighted by atomic mass is 32.2. The second-order valence-corrected chi connectivity index (χ2v) is 10.3. The van der Waals surface area contributed by atoms with Gasteiger partial charge in [0.1, 0.15) is 0 Å². The molecule has 2 aromatic rings. The lowest BCUT2D eigenvalue weighted by molar-refractivity contribution is 0.202. The van der Waals surface area contributed by atoms with Crippen molar-refractivity contribution in [3.05, 3.63) is 42.5 Å². The first-order valence-electron chi connectivity index (χ1n) is 7.53. The Morgan fingerprint density at radius 3 is 1.95 bits per heavy atom. The van der Waals surface area contributed by atoms with Crippen LogP contribution >= 0.6 is 23.5 Å². The topological polar surface area (TPSA) is 18.5 Å². The van der Waals surface area contributed by atoms with Gasteiger partial charge in [0.25, 0.3) is 0 Å². The van der Waals surface area contributed by atoms with E-state index in [-0.39, 0.29) is 0 Å². The van der Waals surface area contributed by atoms with Crippen LogP contribution < -0.4 is 5.19 Å². The van der Waals surface area contributed by atoms with Crippen LogP contribution in [0.2, 0.25) is 6.55 Å². The average molecular weight is 349 g/mol. The van der Waals surface area contributed by atoms with Crippen LogP contribution in [-0.4, -0.2) is 21.8 Å². The lowest BCUT2D eigenvalue weighted by Gasteiger charge is -2.28. The van der Waals surface area contributed by atoms with E-state index in [1.807, 2.05) is 37.4 Å². The molecule has 116 valence electrons. The van der Waals surface area contributed by atoms with Crippen LogP contribution in [0.1, 0.15) is 13.8 Å². The summed E-state index contributed by atoms with van der Waals surface area (Å²) in [6.45, 7) is 7.57. The van der Waals surface area contributed by atoms with Crippen LogP contribution in [0.5, 0.6) is 0 Å². The predicted molar refractivity (Wildman–Crippen MR) is 95.6 cm³/mol. The Hall–Kier alpha value is -0.723. The first-order chi connectivity index (χ1) is 10.7. The minimum absolute atomic E-state index is 0.685. The lowest BCUT2D eigenvalue weighted by atomic mass is 10.3. The van der Waals surface area contributed by atoms with Crippen molar-refractivity contribution in [3.63, 3.8) is 0 Å². The van der Waals surface area contributed by atoms with E-state index in [9.17, 15) is 0 Å². The maximum atomic E-state index is 6.02. The maximum Gasteiger partial charge on any atom is 0.369 e. The largest absolute Gasteiger partial charge is 0.391 e. The molecule has 5 heteroatoms. The van der Waals surface area contributed by atoms with Gasteiger partial charge in [-0.2, -0.15) is 0 Å². The van der Waals surface area contributed by atoms with Crippen LogP contribution in [0.3, 0.4) is 0 Å². The molecule has 1 heterocycles. The van der Waals surface area contributed by atoms with Crippen molar-refractivity contribution < 1.29 is 8.85 Å². The summed E-state index contributed by atoms with van der Waals surface area (Å²) in [5.41, 5.74) is 0. The summed E-state index contributed by atoms with van der Waals surface area (Å²) < 4.78 is 12.0. The molecule has 0 saturated heterocycles. The second-order valence-electron chi connectivity index (χ2n) is 5.12. The van der Waals surface area contributed by atoms with Gasteiger partial charge in [0.05, 0.1) is 0 Å². The van der Waals surface area contributed by atoms with Gasteiger partial charge in [0.15, 0.2) is 0 Å². The van der Waals surface area contributed by atoms with E-state index < -0.39 is 8.56 Å². The zero-order valence-electron chi connectivity index (χ0n) is 13.1. The summed E-state index contributed by atoms with van der Waals surface area (Å²) in [7, 11) is -2.30. The molecule has 0 bridgehead atoms. The number of fused-ring (bicyclic) bond motifs is 2. The number of hydrogen-bond donors (Lipinski definition) is 0. The van der Waals surface area contributed by atoms with E-state index in [1.54, 1.807) is 0 Å². The molecule has 0 atom stereocenters. The van der Waals surface area contributed by atoms with Gasteiger partial charge >= 0.3 is 8.56 Å². The minimum Gasteiger partial charge on any atom is -0.391 e. The molecule has 0 aliphatic carbocycles. The van der Waals surface area contributed by atoms with Crippen molar-refractivity contribution >= 4 is 37.3 Å². The van der Waals surface area contributed by atoms with Gasteiger partial charge in [-0.25, -0.2) is 0 Å². The van der Waals surface area contributed by atoms with Gasteiger partial charge in [-0.15, -0.1) is 0 Å². The summed E-state index contributed by atoms with van der Waals surface area (Å²) in [4.78, 5) is 5.28. The predicted octanol–water partition coefficient (Wildman–Crippen LogP) is 4.65. The Balaban J connectivity index is 1.95. The molecule has 0 radical (unpaired) electrons. The average Bonchev–Trinajstić information content (AvgIpc) is 2.53. The Kier molecular flexibility index (Phi) is 4.99. The van der Waals surface area contributed by atoms with Gasteiger partial charge in [-0.3, -0.25) is 0 Å². The van der Waals surface area contributed by atoms with Crippen LogP contribution in [0.4, 0.5) is 0 Å². The van der Waals surface area contributed by atoms with Crippen molar-refractivity contribution in [3.8, 4) is 0 Å². The van der Waals surface area contributed by atoms with E-state index in [0.717, 1.165) is 0 Å². The lowest BCUT2D eigenvalue weighted by Crippen LogP contribution is -2.51. The van der Waals surface area contributed by atoms with Crippen molar-refractivity contribution in [1.29, 1.82) is 0 Å². The molecule has 2 nitrogen and oxygen atoms in total. The molecule has 3 rings (SSSR count). The minimum atomic E-state index is -2.30. The molecular weight excluding hydrogens is 328 g/mol. The highest BCUT2D eigenvalue weighted by molar-refractivity contribution is 8.05. The van der Waals surface area contributed by atoms with Gasteiger partial charge in [0.2, 0.25) is 0 Å². The quantitative estimate of drug-likeness (QED) is 0.624. The zero-order valence-corrected chi connectivity index (χ0v) is 15.7. The Labute approximate surface area is 141 Å². The smallest absolute Gasteiger partial charge is 0.369 e. The third-order valence-corrected chi connectivity index (χ3v) is 9.18. The molecule has 0 spiro atoms. The van der Waals surface area contributed by atoms with E-state index >= 15 is 0 Å². The SMILES string of the molecule is CCO[Si](C)(OCC)c1ccc2c(c1)Sc1ccccc1S2. The van der Waals surface area contributed by atoms with Crippen LogP contribution in [0, 0.1) is 0 Å². The highest BCUT2D eigenvalue weighted by Crippen LogP contribution is 2.47. The van der Waals surface area contributed by atoms with Crippen molar-refractivity contribution in [2.24, 2.45) is 0 Å². The van der Waals surface area contributed by atoms with Crippen LogP contribution in [-0.2, 0) is 8.85 Å². The number of rotatable bonds is 5. The summed E-state index contributed by atoms with van der Waals surface area (Å²) in [5, 5.41) is 1.21. The molecule has 1 aliphatic heterocycles. The van der Waals surface area contributed by atoms with Crippen LogP contribution in [0.15, 0.2) is 62.0 Å².